The second-order valence-electron chi connectivity index (χ2n) is 6.72. The molecule has 3 rings (SSSR count). The highest BCUT2D eigenvalue weighted by atomic mass is 32.1. The first-order valence-corrected chi connectivity index (χ1v) is 10.1. The first kappa shape index (κ1) is 19.9. The largest absolute Gasteiger partial charge is 0.482 e. The van der Waals surface area contributed by atoms with Crippen LogP contribution in [0.4, 0.5) is 0 Å². The summed E-state index contributed by atoms with van der Waals surface area (Å²) in [5.74, 6) is 0.0501. The summed E-state index contributed by atoms with van der Waals surface area (Å²) < 4.78 is 5.79. The number of likely N-dealkylation sites (tertiary alicyclic amines) is 1. The van der Waals surface area contributed by atoms with Crippen LogP contribution in [0.1, 0.15) is 28.9 Å². The number of piperidine rings is 1. The van der Waals surface area contributed by atoms with E-state index < -0.39 is 0 Å². The molecule has 2 heterocycles. The van der Waals surface area contributed by atoms with E-state index in [0.29, 0.717) is 10.6 Å². The van der Waals surface area contributed by atoms with Crippen molar-refractivity contribution in [2.75, 3.05) is 33.3 Å². The Morgan fingerprint density at radius 3 is 2.61 bits per heavy atom. The van der Waals surface area contributed by atoms with Gasteiger partial charge in [0.2, 0.25) is 0 Å². The van der Waals surface area contributed by atoms with Crippen molar-refractivity contribution in [1.29, 1.82) is 5.26 Å². The van der Waals surface area contributed by atoms with E-state index in [-0.39, 0.29) is 25.0 Å². The summed E-state index contributed by atoms with van der Waals surface area (Å²) >= 11 is 1.31. The van der Waals surface area contributed by atoms with Gasteiger partial charge in [-0.25, -0.2) is 0 Å². The predicted molar refractivity (Wildman–Crippen MR) is 108 cm³/mol. The van der Waals surface area contributed by atoms with Crippen molar-refractivity contribution in [1.82, 2.24) is 9.80 Å². The molecule has 1 fully saturated rings. The first-order chi connectivity index (χ1) is 13.6. The standard InChI is InChI=1S/C21H23N3O3S/c1-23(13-10-22)21(26)20-17(14-18(28-20)16-8-4-2-5-9-16)27-15-19(25)24-11-6-3-7-12-24/h2,4-5,8-9,14H,3,6-7,11-13,15H2,1H3. The number of ether oxygens (including phenoxy) is 1. The van der Waals surface area contributed by atoms with Gasteiger partial charge in [0.1, 0.15) is 17.2 Å². The van der Waals surface area contributed by atoms with E-state index in [9.17, 15) is 9.59 Å². The number of hydrogen-bond acceptors (Lipinski definition) is 5. The Morgan fingerprint density at radius 1 is 1.21 bits per heavy atom. The SMILES string of the molecule is CN(CC#N)C(=O)c1sc(-c2ccccc2)cc1OCC(=O)N1CCCCC1. The van der Waals surface area contributed by atoms with Gasteiger partial charge in [0.15, 0.2) is 6.61 Å². The Bertz CT molecular complexity index is 867. The second kappa shape index (κ2) is 9.38. The molecular weight excluding hydrogens is 374 g/mol. The fraction of sp³-hybridized carbons (Fsp3) is 0.381. The number of nitriles is 1. The zero-order valence-corrected chi connectivity index (χ0v) is 16.7. The van der Waals surface area contributed by atoms with Crippen LogP contribution >= 0.6 is 11.3 Å². The summed E-state index contributed by atoms with van der Waals surface area (Å²) in [4.78, 5) is 29.6. The molecule has 0 radical (unpaired) electrons. The number of rotatable bonds is 6. The molecule has 1 aliphatic heterocycles. The van der Waals surface area contributed by atoms with Gasteiger partial charge in [-0.15, -0.1) is 11.3 Å². The van der Waals surface area contributed by atoms with E-state index in [1.54, 1.807) is 13.1 Å². The number of carbonyl (C=O) groups excluding carboxylic acids is 2. The molecule has 7 heteroatoms. The summed E-state index contributed by atoms with van der Waals surface area (Å²) in [6, 6.07) is 13.5. The van der Waals surface area contributed by atoms with Gasteiger partial charge in [-0.05, 0) is 30.9 Å². The molecule has 0 unspecified atom stereocenters. The minimum Gasteiger partial charge on any atom is -0.482 e. The van der Waals surface area contributed by atoms with E-state index in [1.807, 2.05) is 41.3 Å². The number of benzene rings is 1. The molecule has 28 heavy (non-hydrogen) atoms. The van der Waals surface area contributed by atoms with Crippen LogP contribution in [0.5, 0.6) is 5.75 Å². The molecule has 146 valence electrons. The third-order valence-electron chi connectivity index (χ3n) is 4.67. The summed E-state index contributed by atoms with van der Waals surface area (Å²) in [7, 11) is 1.58. The fourth-order valence-electron chi connectivity index (χ4n) is 3.10. The maximum absolute atomic E-state index is 12.8. The van der Waals surface area contributed by atoms with Crippen LogP contribution in [0.3, 0.4) is 0 Å². The quantitative estimate of drug-likeness (QED) is 0.700. The Hall–Kier alpha value is -2.85. The van der Waals surface area contributed by atoms with Gasteiger partial charge in [-0.1, -0.05) is 30.3 Å². The number of carbonyl (C=O) groups is 2. The Labute approximate surface area is 168 Å². The summed E-state index contributed by atoms with van der Waals surface area (Å²) in [6.45, 7) is 1.42. The van der Waals surface area contributed by atoms with Gasteiger partial charge in [0.05, 0.1) is 6.07 Å². The molecule has 0 atom stereocenters. The minimum atomic E-state index is -0.283. The van der Waals surface area contributed by atoms with E-state index >= 15 is 0 Å². The first-order valence-electron chi connectivity index (χ1n) is 9.32. The topological polar surface area (TPSA) is 73.6 Å². The van der Waals surface area contributed by atoms with Crippen LogP contribution in [0, 0.1) is 11.3 Å². The highest BCUT2D eigenvalue weighted by Crippen LogP contribution is 2.37. The number of nitrogens with zero attached hydrogens (tertiary/aromatic N) is 3. The summed E-state index contributed by atoms with van der Waals surface area (Å²) in [5.41, 5.74) is 0.974. The molecule has 0 bridgehead atoms. The van der Waals surface area contributed by atoms with E-state index in [0.717, 1.165) is 42.8 Å². The maximum atomic E-state index is 12.8. The van der Waals surface area contributed by atoms with Crippen molar-refractivity contribution < 1.29 is 14.3 Å². The maximum Gasteiger partial charge on any atom is 0.268 e. The number of amides is 2. The zero-order valence-electron chi connectivity index (χ0n) is 15.9. The molecule has 0 N–H and O–H groups in total. The van der Waals surface area contributed by atoms with Gasteiger partial charge in [0, 0.05) is 25.0 Å². The molecule has 1 aromatic carbocycles. The van der Waals surface area contributed by atoms with Gasteiger partial charge in [0.25, 0.3) is 11.8 Å². The molecular formula is C21H23N3O3S. The van der Waals surface area contributed by atoms with Crippen LogP contribution < -0.4 is 4.74 Å². The molecule has 2 amide bonds. The van der Waals surface area contributed by atoms with Crippen LogP contribution in [-0.2, 0) is 4.79 Å². The molecule has 2 aromatic rings. The molecule has 6 nitrogen and oxygen atoms in total. The predicted octanol–water partition coefficient (Wildman–Crippen LogP) is 3.40. The van der Waals surface area contributed by atoms with E-state index in [1.165, 1.54) is 16.2 Å². The smallest absolute Gasteiger partial charge is 0.268 e. The van der Waals surface area contributed by atoms with E-state index in [4.69, 9.17) is 10.00 Å². The Kier molecular flexibility index (Phi) is 6.66. The third-order valence-corrected chi connectivity index (χ3v) is 5.82. The van der Waals surface area contributed by atoms with Gasteiger partial charge in [-0.2, -0.15) is 5.26 Å². The summed E-state index contributed by atoms with van der Waals surface area (Å²) in [5, 5.41) is 8.88. The van der Waals surface area contributed by atoms with Gasteiger partial charge in [-0.3, -0.25) is 9.59 Å². The molecule has 1 aromatic heterocycles. The average molecular weight is 398 g/mol. The second-order valence-corrected chi connectivity index (χ2v) is 7.77. The lowest BCUT2D eigenvalue weighted by Gasteiger charge is -2.26. The van der Waals surface area contributed by atoms with Crippen LogP contribution in [0.15, 0.2) is 36.4 Å². The molecule has 0 aliphatic carbocycles. The summed E-state index contributed by atoms with van der Waals surface area (Å²) in [6.07, 6.45) is 3.19. The Morgan fingerprint density at radius 2 is 1.93 bits per heavy atom. The monoisotopic (exact) mass is 397 g/mol. The lowest BCUT2D eigenvalue weighted by atomic mass is 10.1. The Balaban J connectivity index is 1.81. The van der Waals surface area contributed by atoms with Gasteiger partial charge < -0.3 is 14.5 Å². The zero-order chi connectivity index (χ0) is 19.9. The highest BCUT2D eigenvalue weighted by Gasteiger charge is 2.23. The average Bonchev–Trinajstić information content (AvgIpc) is 3.17. The van der Waals surface area contributed by atoms with Crippen molar-refractivity contribution in [2.24, 2.45) is 0 Å². The van der Waals surface area contributed by atoms with Crippen molar-refractivity contribution in [3.63, 3.8) is 0 Å². The van der Waals surface area contributed by atoms with Crippen LogP contribution in [-0.4, -0.2) is 54.9 Å². The number of hydrogen-bond donors (Lipinski definition) is 0. The van der Waals surface area contributed by atoms with Crippen LogP contribution in [0.2, 0.25) is 0 Å². The minimum absolute atomic E-state index is 0.0104. The van der Waals surface area contributed by atoms with Crippen molar-refractivity contribution >= 4 is 23.2 Å². The number of thiophene rings is 1. The molecule has 0 saturated carbocycles. The van der Waals surface area contributed by atoms with Crippen molar-refractivity contribution in [2.45, 2.75) is 19.3 Å². The lowest BCUT2D eigenvalue weighted by Crippen LogP contribution is -2.38. The lowest BCUT2D eigenvalue weighted by molar-refractivity contribution is -0.134. The van der Waals surface area contributed by atoms with Crippen molar-refractivity contribution in [3.8, 4) is 22.3 Å². The molecule has 0 spiro atoms. The fourth-order valence-corrected chi connectivity index (χ4v) is 4.20. The normalized spacial score (nSPS) is 13.6. The molecule has 1 saturated heterocycles. The highest BCUT2D eigenvalue weighted by molar-refractivity contribution is 7.17. The van der Waals surface area contributed by atoms with E-state index in [2.05, 4.69) is 0 Å². The van der Waals surface area contributed by atoms with Crippen LogP contribution in [0.25, 0.3) is 10.4 Å². The molecule has 1 aliphatic rings. The van der Waals surface area contributed by atoms with Crippen molar-refractivity contribution in [3.05, 3.63) is 41.3 Å². The van der Waals surface area contributed by atoms with Gasteiger partial charge >= 0.3 is 0 Å². The third kappa shape index (κ3) is 4.70.